The normalized spacial score (nSPS) is 10.8. The average Bonchev–Trinajstić information content (AvgIpc) is 2.76. The second kappa shape index (κ2) is 5.09. The van der Waals surface area contributed by atoms with Gasteiger partial charge in [-0.15, -0.1) is 0 Å². The summed E-state index contributed by atoms with van der Waals surface area (Å²) in [5.41, 5.74) is 5.84. The highest BCUT2D eigenvalue weighted by Gasteiger charge is 2.14. The molecule has 3 aromatic rings. The van der Waals surface area contributed by atoms with Crippen molar-refractivity contribution in [3.63, 3.8) is 0 Å². The zero-order chi connectivity index (χ0) is 15.0. The molecule has 2 aromatic carbocycles. The van der Waals surface area contributed by atoms with Crippen LogP contribution in [-0.4, -0.2) is 9.78 Å². The van der Waals surface area contributed by atoms with Gasteiger partial charge in [0.15, 0.2) is 0 Å². The van der Waals surface area contributed by atoms with E-state index < -0.39 is 0 Å². The molecule has 0 aliphatic heterocycles. The number of benzene rings is 2. The van der Waals surface area contributed by atoms with E-state index in [9.17, 15) is 4.79 Å². The van der Waals surface area contributed by atoms with Crippen LogP contribution < -0.4 is 5.56 Å². The average molecular weight is 278 g/mol. The van der Waals surface area contributed by atoms with Crippen LogP contribution in [0.2, 0.25) is 0 Å². The first-order valence-corrected chi connectivity index (χ1v) is 7.02. The minimum Gasteiger partial charge on any atom is -0.290 e. The van der Waals surface area contributed by atoms with Crippen LogP contribution in [0.3, 0.4) is 0 Å². The Bertz CT molecular complexity index is 856. The van der Waals surface area contributed by atoms with Crippen LogP contribution in [0.1, 0.15) is 16.7 Å². The summed E-state index contributed by atoms with van der Waals surface area (Å²) >= 11 is 0. The lowest BCUT2D eigenvalue weighted by Gasteiger charge is -2.05. The summed E-state index contributed by atoms with van der Waals surface area (Å²) in [5.74, 6) is 0. The first-order valence-electron chi connectivity index (χ1n) is 7.02. The van der Waals surface area contributed by atoms with Gasteiger partial charge >= 0.3 is 0 Å². The van der Waals surface area contributed by atoms with Gasteiger partial charge in [0, 0.05) is 11.1 Å². The van der Waals surface area contributed by atoms with E-state index in [2.05, 4.69) is 18.1 Å². The number of rotatable bonds is 2. The molecular weight excluding hydrogens is 260 g/mol. The lowest BCUT2D eigenvalue weighted by Crippen LogP contribution is -2.15. The Morgan fingerprint density at radius 3 is 2.43 bits per heavy atom. The van der Waals surface area contributed by atoms with E-state index in [1.165, 1.54) is 0 Å². The minimum atomic E-state index is -0.00106. The van der Waals surface area contributed by atoms with Gasteiger partial charge in [-0.05, 0) is 44.0 Å². The summed E-state index contributed by atoms with van der Waals surface area (Å²) in [7, 11) is 0. The molecule has 3 heteroatoms. The molecule has 21 heavy (non-hydrogen) atoms. The second-order valence-electron chi connectivity index (χ2n) is 5.41. The lowest BCUT2D eigenvalue weighted by atomic mass is 10.0. The summed E-state index contributed by atoms with van der Waals surface area (Å²) in [4.78, 5) is 12.5. The van der Waals surface area contributed by atoms with E-state index in [0.717, 1.165) is 33.6 Å². The lowest BCUT2D eigenvalue weighted by molar-refractivity contribution is 0.849. The molecule has 0 radical (unpaired) electrons. The van der Waals surface area contributed by atoms with E-state index in [1.54, 1.807) is 4.68 Å². The Morgan fingerprint density at radius 2 is 1.71 bits per heavy atom. The predicted octanol–water partition coefficient (Wildman–Crippen LogP) is 3.76. The number of hydrogen-bond acceptors (Lipinski definition) is 1. The van der Waals surface area contributed by atoms with E-state index >= 15 is 0 Å². The fraction of sp³-hybridized carbons (Fsp3) is 0.167. The number of H-pyrrole nitrogens is 1. The topological polar surface area (TPSA) is 37.8 Å². The van der Waals surface area contributed by atoms with Crippen LogP contribution in [0.15, 0.2) is 53.3 Å². The molecule has 1 heterocycles. The van der Waals surface area contributed by atoms with Crippen LogP contribution in [0.4, 0.5) is 0 Å². The molecule has 0 bridgehead atoms. The number of aromatic amines is 1. The quantitative estimate of drug-likeness (QED) is 0.761. The number of aromatic nitrogens is 2. The van der Waals surface area contributed by atoms with Crippen molar-refractivity contribution in [1.82, 2.24) is 9.78 Å². The molecule has 0 unspecified atom stereocenters. The summed E-state index contributed by atoms with van der Waals surface area (Å²) < 4.78 is 1.62. The molecule has 1 N–H and O–H groups in total. The summed E-state index contributed by atoms with van der Waals surface area (Å²) in [6.45, 7) is 5.94. The number of hydrogen-bond donors (Lipinski definition) is 1. The van der Waals surface area contributed by atoms with Crippen molar-refractivity contribution in [2.45, 2.75) is 20.8 Å². The van der Waals surface area contributed by atoms with Gasteiger partial charge in [0.05, 0.1) is 11.4 Å². The monoisotopic (exact) mass is 278 g/mol. The van der Waals surface area contributed by atoms with E-state index in [0.29, 0.717) is 0 Å². The highest BCUT2D eigenvalue weighted by atomic mass is 16.1. The summed E-state index contributed by atoms with van der Waals surface area (Å²) in [6.07, 6.45) is 0. The third-order valence-electron chi connectivity index (χ3n) is 3.80. The molecule has 0 amide bonds. The molecule has 0 aliphatic carbocycles. The molecule has 0 aliphatic rings. The smallest absolute Gasteiger partial charge is 0.274 e. The molecule has 106 valence electrons. The Labute approximate surface area is 123 Å². The van der Waals surface area contributed by atoms with Gasteiger partial charge in [0.25, 0.3) is 5.56 Å². The first kappa shape index (κ1) is 13.4. The van der Waals surface area contributed by atoms with Crippen molar-refractivity contribution in [3.8, 4) is 16.9 Å². The zero-order valence-corrected chi connectivity index (χ0v) is 12.5. The van der Waals surface area contributed by atoms with Crippen molar-refractivity contribution in [2.24, 2.45) is 0 Å². The van der Waals surface area contributed by atoms with Crippen molar-refractivity contribution in [2.75, 3.05) is 0 Å². The molecule has 0 saturated carbocycles. The number of nitrogens with one attached hydrogen (secondary N) is 1. The molecule has 0 spiro atoms. The van der Waals surface area contributed by atoms with Gasteiger partial charge in [-0.2, -0.15) is 0 Å². The van der Waals surface area contributed by atoms with E-state index in [4.69, 9.17) is 0 Å². The molecular formula is C18H18N2O. The maximum Gasteiger partial charge on any atom is 0.274 e. The predicted molar refractivity (Wildman–Crippen MR) is 86.0 cm³/mol. The zero-order valence-electron chi connectivity index (χ0n) is 12.5. The van der Waals surface area contributed by atoms with Crippen molar-refractivity contribution >= 4 is 0 Å². The van der Waals surface area contributed by atoms with Crippen LogP contribution in [0.25, 0.3) is 16.9 Å². The van der Waals surface area contributed by atoms with Crippen LogP contribution in [-0.2, 0) is 0 Å². The Morgan fingerprint density at radius 1 is 0.952 bits per heavy atom. The van der Waals surface area contributed by atoms with Crippen LogP contribution >= 0.6 is 0 Å². The van der Waals surface area contributed by atoms with Crippen molar-refractivity contribution in [3.05, 3.63) is 75.6 Å². The van der Waals surface area contributed by atoms with Gasteiger partial charge < -0.3 is 0 Å². The molecule has 0 atom stereocenters. The van der Waals surface area contributed by atoms with Gasteiger partial charge in [0.1, 0.15) is 0 Å². The molecule has 3 rings (SSSR count). The van der Waals surface area contributed by atoms with Gasteiger partial charge in [0.2, 0.25) is 0 Å². The van der Waals surface area contributed by atoms with Gasteiger partial charge in [-0.1, -0.05) is 36.4 Å². The highest BCUT2D eigenvalue weighted by Crippen LogP contribution is 2.23. The maximum atomic E-state index is 12.5. The van der Waals surface area contributed by atoms with E-state index in [1.807, 2.05) is 56.3 Å². The first-order chi connectivity index (χ1) is 10.1. The minimum absolute atomic E-state index is 0.00106. The number of aryl methyl sites for hydroxylation is 2. The van der Waals surface area contributed by atoms with Gasteiger partial charge in [-0.3, -0.25) is 9.89 Å². The molecule has 0 saturated heterocycles. The fourth-order valence-electron chi connectivity index (χ4n) is 2.59. The maximum absolute atomic E-state index is 12.5. The Kier molecular flexibility index (Phi) is 3.26. The summed E-state index contributed by atoms with van der Waals surface area (Å²) in [6, 6.07) is 16.0. The van der Waals surface area contributed by atoms with Crippen molar-refractivity contribution < 1.29 is 0 Å². The molecule has 1 aromatic heterocycles. The third-order valence-corrected chi connectivity index (χ3v) is 3.80. The SMILES string of the molecule is Cc1cccc(-n2[nH]c(-c3ccccc3C)c(C)c2=O)c1. The molecule has 0 fully saturated rings. The van der Waals surface area contributed by atoms with Crippen molar-refractivity contribution in [1.29, 1.82) is 0 Å². The molecule has 3 nitrogen and oxygen atoms in total. The van der Waals surface area contributed by atoms with E-state index in [-0.39, 0.29) is 5.56 Å². The van der Waals surface area contributed by atoms with Crippen LogP contribution in [0, 0.1) is 20.8 Å². The second-order valence-corrected chi connectivity index (χ2v) is 5.41. The van der Waals surface area contributed by atoms with Gasteiger partial charge in [-0.25, -0.2) is 4.68 Å². The fourth-order valence-corrected chi connectivity index (χ4v) is 2.59. The highest BCUT2D eigenvalue weighted by molar-refractivity contribution is 5.66. The summed E-state index contributed by atoms with van der Waals surface area (Å²) in [5, 5.41) is 3.25. The third kappa shape index (κ3) is 2.31. The standard InChI is InChI=1S/C18H18N2O/c1-12-7-6-9-15(11-12)20-18(21)14(3)17(19-20)16-10-5-4-8-13(16)2/h4-11,19H,1-3H3. The van der Waals surface area contributed by atoms with Crippen LogP contribution in [0.5, 0.6) is 0 Å². The largest absolute Gasteiger partial charge is 0.290 e. The number of nitrogens with zero attached hydrogens (tertiary/aromatic N) is 1. The Balaban J connectivity index is 2.21. The Hall–Kier alpha value is -2.55.